The number of hydrogen-bond donors (Lipinski definition) is 1. The van der Waals surface area contributed by atoms with E-state index in [2.05, 4.69) is 15.5 Å². The van der Waals surface area contributed by atoms with E-state index in [9.17, 15) is 4.79 Å². The van der Waals surface area contributed by atoms with Crippen molar-refractivity contribution in [3.05, 3.63) is 30.3 Å². The van der Waals surface area contributed by atoms with Crippen LogP contribution in [-0.4, -0.2) is 22.0 Å². The van der Waals surface area contributed by atoms with Crippen molar-refractivity contribution in [1.29, 1.82) is 0 Å². The van der Waals surface area contributed by atoms with Gasteiger partial charge in [-0.3, -0.25) is 10.1 Å². The summed E-state index contributed by atoms with van der Waals surface area (Å²) in [5.74, 6) is 0.647. The molecule has 0 aliphatic heterocycles. The first-order valence-corrected chi connectivity index (χ1v) is 6.08. The molecular weight excluding hydrogens is 254 g/mol. The third kappa shape index (κ3) is 3.30. The van der Waals surface area contributed by atoms with Crippen LogP contribution in [0.3, 0.4) is 0 Å². The Hall–Kier alpha value is -1.88. The van der Waals surface area contributed by atoms with Crippen LogP contribution in [0.1, 0.15) is 12.8 Å². The number of hydrogen-bond acceptors (Lipinski definition) is 4. The standard InChI is InChI=1S/C12H12ClN3O2/c13-8-4-7-10(17)14-12-16-15-11(18-12)9-5-2-1-3-6-9/h1-3,5-6H,4,7-8H2,(H,14,16,17). The Morgan fingerprint density at radius 1 is 1.28 bits per heavy atom. The topological polar surface area (TPSA) is 68.0 Å². The molecule has 0 saturated carbocycles. The Morgan fingerprint density at radius 3 is 2.78 bits per heavy atom. The van der Waals surface area contributed by atoms with Gasteiger partial charge in [0, 0.05) is 17.9 Å². The highest BCUT2D eigenvalue weighted by Crippen LogP contribution is 2.19. The molecule has 0 unspecified atom stereocenters. The minimum absolute atomic E-state index is 0.105. The van der Waals surface area contributed by atoms with Crippen LogP contribution < -0.4 is 5.32 Å². The Kier molecular flexibility index (Phi) is 4.30. The van der Waals surface area contributed by atoms with Crippen LogP contribution in [0.25, 0.3) is 11.5 Å². The van der Waals surface area contributed by atoms with Crippen LogP contribution in [0.2, 0.25) is 0 Å². The van der Waals surface area contributed by atoms with E-state index in [-0.39, 0.29) is 11.9 Å². The first-order valence-electron chi connectivity index (χ1n) is 5.54. The largest absolute Gasteiger partial charge is 0.403 e. The molecular formula is C12H12ClN3O2. The number of nitrogens with one attached hydrogen (secondary N) is 1. The quantitative estimate of drug-likeness (QED) is 0.844. The van der Waals surface area contributed by atoms with Crippen molar-refractivity contribution >= 4 is 23.5 Å². The highest BCUT2D eigenvalue weighted by atomic mass is 35.5. The van der Waals surface area contributed by atoms with Crippen molar-refractivity contribution < 1.29 is 9.21 Å². The van der Waals surface area contributed by atoms with Crippen LogP contribution in [0.5, 0.6) is 0 Å². The Labute approximate surface area is 109 Å². The van der Waals surface area contributed by atoms with Crippen LogP contribution in [0, 0.1) is 0 Å². The van der Waals surface area contributed by atoms with Crippen LogP contribution >= 0.6 is 11.6 Å². The number of carbonyl (C=O) groups is 1. The maximum Gasteiger partial charge on any atom is 0.322 e. The molecule has 5 nitrogen and oxygen atoms in total. The lowest BCUT2D eigenvalue weighted by Crippen LogP contribution is -2.11. The Balaban J connectivity index is 2.00. The summed E-state index contributed by atoms with van der Waals surface area (Å²) in [5.41, 5.74) is 0.811. The third-order valence-electron chi connectivity index (χ3n) is 2.23. The predicted octanol–water partition coefficient (Wildman–Crippen LogP) is 2.69. The fraction of sp³-hybridized carbons (Fsp3) is 0.250. The summed E-state index contributed by atoms with van der Waals surface area (Å²) < 4.78 is 5.33. The number of benzene rings is 1. The van der Waals surface area contributed by atoms with Gasteiger partial charge in [0.25, 0.3) is 0 Å². The molecule has 0 atom stereocenters. The van der Waals surface area contributed by atoms with Gasteiger partial charge in [-0.25, -0.2) is 0 Å². The van der Waals surface area contributed by atoms with Crippen LogP contribution in [-0.2, 0) is 4.79 Å². The molecule has 18 heavy (non-hydrogen) atoms. The highest BCUT2D eigenvalue weighted by molar-refractivity contribution is 6.18. The lowest BCUT2D eigenvalue weighted by atomic mass is 10.2. The second-order valence-corrected chi connectivity index (χ2v) is 4.00. The number of rotatable bonds is 5. The van der Waals surface area contributed by atoms with E-state index < -0.39 is 0 Å². The number of amides is 1. The van der Waals surface area contributed by atoms with Gasteiger partial charge in [-0.05, 0) is 18.6 Å². The third-order valence-corrected chi connectivity index (χ3v) is 2.50. The van der Waals surface area contributed by atoms with Crippen molar-refractivity contribution in [3.63, 3.8) is 0 Å². The summed E-state index contributed by atoms with van der Waals surface area (Å²) in [6.45, 7) is 0. The molecule has 94 valence electrons. The first kappa shape index (κ1) is 12.6. The summed E-state index contributed by atoms with van der Waals surface area (Å²) in [6.07, 6.45) is 0.958. The minimum Gasteiger partial charge on any atom is -0.403 e. The molecule has 0 bridgehead atoms. The number of nitrogens with zero attached hydrogens (tertiary/aromatic N) is 2. The maximum absolute atomic E-state index is 11.4. The smallest absolute Gasteiger partial charge is 0.322 e. The van der Waals surface area contributed by atoms with Gasteiger partial charge >= 0.3 is 6.01 Å². The molecule has 6 heteroatoms. The summed E-state index contributed by atoms with van der Waals surface area (Å²) in [4.78, 5) is 11.4. The zero-order chi connectivity index (χ0) is 12.8. The lowest BCUT2D eigenvalue weighted by molar-refractivity contribution is -0.116. The van der Waals surface area contributed by atoms with Gasteiger partial charge in [0.15, 0.2) is 0 Å². The Morgan fingerprint density at radius 2 is 2.06 bits per heavy atom. The van der Waals surface area contributed by atoms with Gasteiger partial charge in [-0.1, -0.05) is 23.3 Å². The van der Waals surface area contributed by atoms with Gasteiger partial charge < -0.3 is 4.42 Å². The van der Waals surface area contributed by atoms with Gasteiger partial charge in [-0.2, -0.15) is 0 Å². The molecule has 2 rings (SSSR count). The van der Waals surface area contributed by atoms with Gasteiger partial charge in [0.2, 0.25) is 11.8 Å². The van der Waals surface area contributed by atoms with Gasteiger partial charge in [-0.15, -0.1) is 16.7 Å². The average molecular weight is 266 g/mol. The molecule has 1 aromatic heterocycles. The Bertz CT molecular complexity index is 513. The first-order chi connectivity index (χ1) is 8.79. The number of anilines is 1. The van der Waals surface area contributed by atoms with Crippen molar-refractivity contribution in [3.8, 4) is 11.5 Å². The fourth-order valence-electron chi connectivity index (χ4n) is 1.38. The second-order valence-electron chi connectivity index (χ2n) is 3.62. The van der Waals surface area contributed by atoms with Crippen molar-refractivity contribution in [2.75, 3.05) is 11.2 Å². The van der Waals surface area contributed by atoms with E-state index in [1.165, 1.54) is 0 Å². The normalized spacial score (nSPS) is 10.3. The molecule has 1 amide bonds. The molecule has 0 aliphatic rings. The molecule has 1 N–H and O–H groups in total. The lowest BCUT2D eigenvalue weighted by Gasteiger charge is -1.97. The van der Waals surface area contributed by atoms with E-state index in [0.29, 0.717) is 24.6 Å². The fourth-order valence-corrected chi connectivity index (χ4v) is 1.51. The molecule has 0 saturated heterocycles. The molecule has 0 aliphatic carbocycles. The van der Waals surface area contributed by atoms with E-state index in [1.807, 2.05) is 30.3 Å². The summed E-state index contributed by atoms with van der Waals surface area (Å²) in [6, 6.07) is 9.46. The molecule has 0 radical (unpaired) electrons. The monoisotopic (exact) mass is 265 g/mol. The average Bonchev–Trinajstić information content (AvgIpc) is 2.86. The van der Waals surface area contributed by atoms with Crippen LogP contribution in [0.4, 0.5) is 6.01 Å². The summed E-state index contributed by atoms with van der Waals surface area (Å²) in [7, 11) is 0. The number of alkyl halides is 1. The number of halogens is 1. The van der Waals surface area contributed by atoms with Gasteiger partial charge in [0.1, 0.15) is 0 Å². The minimum atomic E-state index is -0.182. The van der Waals surface area contributed by atoms with Gasteiger partial charge in [0.05, 0.1) is 0 Å². The molecule has 1 aromatic carbocycles. The molecule has 0 spiro atoms. The molecule has 0 fully saturated rings. The maximum atomic E-state index is 11.4. The predicted molar refractivity (Wildman–Crippen MR) is 68.3 cm³/mol. The summed E-state index contributed by atoms with van der Waals surface area (Å²) in [5, 5.41) is 10.2. The zero-order valence-corrected chi connectivity index (χ0v) is 10.4. The highest BCUT2D eigenvalue weighted by Gasteiger charge is 2.10. The summed E-state index contributed by atoms with van der Waals surface area (Å²) >= 11 is 5.50. The molecule has 2 aromatic rings. The zero-order valence-electron chi connectivity index (χ0n) is 9.60. The van der Waals surface area contributed by atoms with Crippen molar-refractivity contribution in [2.45, 2.75) is 12.8 Å². The molecule has 1 heterocycles. The second kappa shape index (κ2) is 6.16. The van der Waals surface area contributed by atoms with Crippen molar-refractivity contribution in [1.82, 2.24) is 10.2 Å². The van der Waals surface area contributed by atoms with E-state index in [1.54, 1.807) is 0 Å². The van der Waals surface area contributed by atoms with E-state index in [4.69, 9.17) is 16.0 Å². The SMILES string of the molecule is O=C(CCCCl)Nc1nnc(-c2ccccc2)o1. The van der Waals surface area contributed by atoms with E-state index >= 15 is 0 Å². The number of aromatic nitrogens is 2. The van der Waals surface area contributed by atoms with E-state index in [0.717, 1.165) is 5.56 Å². The van der Waals surface area contributed by atoms with Crippen molar-refractivity contribution in [2.24, 2.45) is 0 Å². The number of carbonyl (C=O) groups excluding carboxylic acids is 1. The van der Waals surface area contributed by atoms with Crippen LogP contribution in [0.15, 0.2) is 34.7 Å².